The van der Waals surface area contributed by atoms with Crippen LogP contribution >= 0.6 is 7.60 Å². The molecule has 0 fully saturated rings. The Hall–Kier alpha value is -2.10. The van der Waals surface area contributed by atoms with Gasteiger partial charge in [0.05, 0.1) is 16.6 Å². The van der Waals surface area contributed by atoms with E-state index in [0.717, 1.165) is 13.0 Å². The Kier molecular flexibility index (Phi) is 3.92. The molecule has 0 amide bonds. The summed E-state index contributed by atoms with van der Waals surface area (Å²) in [6.07, 6.45) is -4.80. The first-order valence-corrected chi connectivity index (χ1v) is 7.72. The lowest BCUT2D eigenvalue weighted by molar-refractivity contribution is -0.136. The van der Waals surface area contributed by atoms with Crippen LogP contribution in [0.25, 0.3) is 11.0 Å². The second-order valence-electron chi connectivity index (χ2n) is 4.80. The number of nitrogens with two attached hydrogens (primary N) is 1. The van der Waals surface area contributed by atoms with Gasteiger partial charge in [0, 0.05) is 5.69 Å². The van der Waals surface area contributed by atoms with Crippen LogP contribution < -0.4 is 16.9 Å². The van der Waals surface area contributed by atoms with Crippen molar-refractivity contribution in [2.45, 2.75) is 18.9 Å². The summed E-state index contributed by atoms with van der Waals surface area (Å²) in [7, 11) is -4.84. The predicted molar refractivity (Wildman–Crippen MR) is 75.0 cm³/mol. The number of halogens is 3. The van der Waals surface area contributed by atoms with Gasteiger partial charge in [-0.25, -0.2) is 0 Å². The minimum absolute atomic E-state index is 0.323. The number of nitrogens with zero attached hydrogens (tertiary/aromatic N) is 1. The van der Waals surface area contributed by atoms with E-state index in [-0.39, 0.29) is 5.52 Å². The fraction of sp³-hybridized carbons (Fsp3) is 0.273. The highest BCUT2D eigenvalue weighted by molar-refractivity contribution is 7.51. The van der Waals surface area contributed by atoms with Crippen molar-refractivity contribution in [1.29, 1.82) is 0 Å². The molecule has 0 saturated carbocycles. The molecule has 8 nitrogen and oxygen atoms in total. The molecule has 2 rings (SSSR count). The molecule has 2 aromatic rings. The Morgan fingerprint density at radius 1 is 1.30 bits per heavy atom. The number of hydrogen-bond donors (Lipinski definition) is 4. The average molecular weight is 353 g/mol. The van der Waals surface area contributed by atoms with Crippen LogP contribution in [0.5, 0.6) is 0 Å². The number of nitrogen functional groups attached to an aromatic ring is 1. The maximum absolute atomic E-state index is 12.8. The molecule has 0 saturated heterocycles. The Morgan fingerprint density at radius 3 is 2.35 bits per heavy atom. The normalized spacial score (nSPS) is 14.2. The van der Waals surface area contributed by atoms with Crippen molar-refractivity contribution >= 4 is 24.3 Å². The molecule has 0 spiro atoms. The molecule has 0 radical (unpaired) electrons. The number of hydrogen-bond acceptors (Lipinski definition) is 4. The fourth-order valence-electron chi connectivity index (χ4n) is 2.07. The van der Waals surface area contributed by atoms with E-state index < -0.39 is 47.4 Å². The lowest BCUT2D eigenvalue weighted by Crippen LogP contribution is -2.38. The summed E-state index contributed by atoms with van der Waals surface area (Å²) in [5.41, 5.74) is -0.0358. The molecule has 0 aliphatic carbocycles. The van der Waals surface area contributed by atoms with E-state index in [9.17, 15) is 37.1 Å². The highest BCUT2D eigenvalue weighted by Crippen LogP contribution is 2.48. The van der Waals surface area contributed by atoms with Crippen LogP contribution in [0.3, 0.4) is 0 Å². The van der Waals surface area contributed by atoms with Gasteiger partial charge in [0.2, 0.25) is 0 Å². The molecule has 12 heteroatoms. The summed E-state index contributed by atoms with van der Waals surface area (Å²) in [6, 6.07) is 1.25. The van der Waals surface area contributed by atoms with Crippen LogP contribution in [-0.4, -0.2) is 19.3 Å². The van der Waals surface area contributed by atoms with E-state index in [1.165, 1.54) is 0 Å². The van der Waals surface area contributed by atoms with Crippen molar-refractivity contribution in [3.8, 4) is 0 Å². The van der Waals surface area contributed by atoms with E-state index in [1.807, 2.05) is 4.98 Å². The Labute approximate surface area is 125 Å². The molecule has 1 aromatic heterocycles. The van der Waals surface area contributed by atoms with Crippen molar-refractivity contribution in [3.63, 3.8) is 0 Å². The Morgan fingerprint density at radius 2 is 1.87 bits per heavy atom. The van der Waals surface area contributed by atoms with Crippen LogP contribution in [-0.2, 0) is 10.7 Å². The van der Waals surface area contributed by atoms with Crippen molar-refractivity contribution in [2.75, 3.05) is 5.73 Å². The number of nitrogens with one attached hydrogen (secondary N) is 1. The molecular formula is C11H11F3N3O5P. The molecule has 5 N–H and O–H groups in total. The molecule has 1 unspecified atom stereocenters. The summed E-state index contributed by atoms with van der Waals surface area (Å²) >= 11 is 0. The third-order valence-corrected chi connectivity index (χ3v) is 4.46. The van der Waals surface area contributed by atoms with Gasteiger partial charge in [0.25, 0.3) is 0 Å². The van der Waals surface area contributed by atoms with Crippen molar-refractivity contribution in [1.82, 2.24) is 9.55 Å². The Bertz CT molecular complexity index is 943. The first-order chi connectivity index (χ1) is 10.3. The quantitative estimate of drug-likeness (QED) is 0.361. The maximum atomic E-state index is 12.8. The maximum Gasteiger partial charge on any atom is 0.418 e. The highest BCUT2D eigenvalue weighted by atomic mass is 31.2. The molecule has 1 atom stereocenters. The minimum atomic E-state index is -4.84. The van der Waals surface area contributed by atoms with Gasteiger partial charge >= 0.3 is 24.9 Å². The summed E-state index contributed by atoms with van der Waals surface area (Å²) in [5, 5.41) is 0. The van der Waals surface area contributed by atoms with E-state index in [1.54, 1.807) is 0 Å². The summed E-state index contributed by atoms with van der Waals surface area (Å²) in [4.78, 5) is 43.8. The zero-order valence-electron chi connectivity index (χ0n) is 11.5. The number of benzene rings is 1. The highest BCUT2D eigenvalue weighted by Gasteiger charge is 2.35. The number of H-pyrrole nitrogens is 1. The summed E-state index contributed by atoms with van der Waals surface area (Å²) in [5.74, 6) is -1.75. The zero-order valence-corrected chi connectivity index (χ0v) is 12.4. The van der Waals surface area contributed by atoms with E-state index in [2.05, 4.69) is 0 Å². The lowest BCUT2D eigenvalue weighted by Gasteiger charge is -2.19. The first-order valence-electron chi connectivity index (χ1n) is 6.04. The summed E-state index contributed by atoms with van der Waals surface area (Å²) in [6.45, 7) is 0.967. The van der Waals surface area contributed by atoms with E-state index in [4.69, 9.17) is 5.73 Å². The van der Waals surface area contributed by atoms with Gasteiger partial charge in [0.1, 0.15) is 5.78 Å². The molecule has 126 valence electrons. The molecule has 0 bridgehead atoms. The fourth-order valence-corrected chi connectivity index (χ4v) is 2.60. The predicted octanol–water partition coefficient (Wildman–Crippen LogP) is 0.987. The number of aromatic nitrogens is 2. The van der Waals surface area contributed by atoms with Gasteiger partial charge in [-0.1, -0.05) is 0 Å². The standard InChI is InChI=1S/C11H11F3N3O5P/c1-4(23(20,21)22)17-8-3-6(15)5(11(12,13)14)2-7(8)16-9(18)10(17)19/h2-4H,15H2,1H3,(H,16,18)(H2,20,21,22). The summed E-state index contributed by atoms with van der Waals surface area (Å²) < 4.78 is 50.3. The molecule has 1 aromatic carbocycles. The molecule has 0 aliphatic rings. The van der Waals surface area contributed by atoms with Crippen molar-refractivity contribution in [2.24, 2.45) is 0 Å². The third-order valence-electron chi connectivity index (χ3n) is 3.25. The number of fused-ring (bicyclic) bond motifs is 1. The Balaban J connectivity index is 2.96. The number of rotatable bonds is 2. The van der Waals surface area contributed by atoms with Gasteiger partial charge in [-0.3, -0.25) is 18.7 Å². The second-order valence-corrected chi connectivity index (χ2v) is 6.73. The largest absolute Gasteiger partial charge is 0.418 e. The van der Waals surface area contributed by atoms with Crippen LogP contribution in [0.2, 0.25) is 0 Å². The average Bonchev–Trinajstić information content (AvgIpc) is 2.37. The van der Waals surface area contributed by atoms with E-state index >= 15 is 0 Å². The van der Waals surface area contributed by atoms with Crippen LogP contribution in [0.1, 0.15) is 18.3 Å². The number of anilines is 1. The molecule has 0 aliphatic heterocycles. The third kappa shape index (κ3) is 3.03. The molecular weight excluding hydrogens is 342 g/mol. The SMILES string of the molecule is CC(n1c(=O)c(=O)[nH]c2cc(C(F)(F)F)c(N)cc21)P(=O)(O)O. The van der Waals surface area contributed by atoms with Gasteiger partial charge in [-0.2, -0.15) is 13.2 Å². The number of aromatic amines is 1. The second kappa shape index (κ2) is 5.22. The zero-order chi connectivity index (χ0) is 17.7. The van der Waals surface area contributed by atoms with Crippen molar-refractivity contribution in [3.05, 3.63) is 38.4 Å². The van der Waals surface area contributed by atoms with Crippen LogP contribution in [0, 0.1) is 0 Å². The minimum Gasteiger partial charge on any atom is -0.398 e. The van der Waals surface area contributed by atoms with Crippen LogP contribution in [0.15, 0.2) is 21.7 Å². The number of alkyl halides is 3. The van der Waals surface area contributed by atoms with Gasteiger partial charge in [0.15, 0.2) is 0 Å². The van der Waals surface area contributed by atoms with Gasteiger partial charge in [-0.05, 0) is 19.1 Å². The van der Waals surface area contributed by atoms with Crippen molar-refractivity contribution < 1.29 is 27.5 Å². The molecule has 23 heavy (non-hydrogen) atoms. The lowest BCUT2D eigenvalue weighted by atomic mass is 10.1. The van der Waals surface area contributed by atoms with E-state index in [0.29, 0.717) is 10.6 Å². The smallest absolute Gasteiger partial charge is 0.398 e. The van der Waals surface area contributed by atoms with Crippen LogP contribution in [0.4, 0.5) is 18.9 Å². The van der Waals surface area contributed by atoms with Gasteiger partial charge in [-0.15, -0.1) is 0 Å². The monoisotopic (exact) mass is 353 g/mol. The topological polar surface area (TPSA) is 138 Å². The molecule has 1 heterocycles. The van der Waals surface area contributed by atoms with Gasteiger partial charge < -0.3 is 20.5 Å². The first kappa shape index (κ1) is 17.3.